The standard InChI is InChI=1S/C13H18FN3S/c1-9-8-18-5-4-17(9)7-11-3-2-10(13(15)16)6-12(11)14/h2-3,6,9H,4-5,7-8H2,1H3,(H3,15,16). The van der Waals surface area contributed by atoms with Crippen LogP contribution in [-0.2, 0) is 6.54 Å². The largest absolute Gasteiger partial charge is 0.384 e. The van der Waals surface area contributed by atoms with Crippen LogP contribution in [0, 0.1) is 11.2 Å². The van der Waals surface area contributed by atoms with E-state index in [-0.39, 0.29) is 11.7 Å². The molecule has 1 aliphatic heterocycles. The molecule has 18 heavy (non-hydrogen) atoms. The van der Waals surface area contributed by atoms with Crippen LogP contribution in [0.3, 0.4) is 0 Å². The zero-order valence-electron chi connectivity index (χ0n) is 10.4. The van der Waals surface area contributed by atoms with Crippen LogP contribution in [0.5, 0.6) is 0 Å². The second-order valence-corrected chi connectivity index (χ2v) is 5.76. The molecule has 1 heterocycles. The van der Waals surface area contributed by atoms with Crippen molar-refractivity contribution in [2.45, 2.75) is 19.5 Å². The lowest BCUT2D eigenvalue weighted by molar-refractivity contribution is 0.221. The number of nitrogens with zero attached hydrogens (tertiary/aromatic N) is 1. The number of nitrogens with two attached hydrogens (primary N) is 1. The zero-order valence-corrected chi connectivity index (χ0v) is 11.3. The molecule has 3 N–H and O–H groups in total. The molecule has 3 nitrogen and oxygen atoms in total. The van der Waals surface area contributed by atoms with Crippen molar-refractivity contribution in [3.63, 3.8) is 0 Å². The smallest absolute Gasteiger partial charge is 0.128 e. The van der Waals surface area contributed by atoms with E-state index in [0.717, 1.165) is 18.1 Å². The third kappa shape index (κ3) is 3.03. The summed E-state index contributed by atoms with van der Waals surface area (Å²) in [5.41, 5.74) is 6.46. The molecule has 1 aromatic rings. The Bertz CT molecular complexity index is 450. The van der Waals surface area contributed by atoms with E-state index in [1.54, 1.807) is 12.1 Å². The molecule has 0 aromatic heterocycles. The van der Waals surface area contributed by atoms with E-state index in [1.165, 1.54) is 6.07 Å². The van der Waals surface area contributed by atoms with Crippen LogP contribution in [0.25, 0.3) is 0 Å². The van der Waals surface area contributed by atoms with Gasteiger partial charge in [0.1, 0.15) is 11.7 Å². The van der Waals surface area contributed by atoms with Crippen LogP contribution < -0.4 is 5.73 Å². The molecular weight excluding hydrogens is 249 g/mol. The van der Waals surface area contributed by atoms with Gasteiger partial charge in [0.05, 0.1) is 0 Å². The van der Waals surface area contributed by atoms with E-state index in [1.807, 2.05) is 11.8 Å². The number of nitrogens with one attached hydrogen (secondary N) is 1. The van der Waals surface area contributed by atoms with Gasteiger partial charge in [0, 0.05) is 41.8 Å². The molecule has 5 heteroatoms. The van der Waals surface area contributed by atoms with E-state index >= 15 is 0 Å². The van der Waals surface area contributed by atoms with Crippen molar-refractivity contribution in [2.75, 3.05) is 18.1 Å². The molecule has 0 aliphatic carbocycles. The van der Waals surface area contributed by atoms with Crippen LogP contribution >= 0.6 is 11.8 Å². The summed E-state index contributed by atoms with van der Waals surface area (Å²) in [5.74, 6) is 1.85. The normalized spacial score (nSPS) is 20.9. The molecule has 98 valence electrons. The first kappa shape index (κ1) is 13.4. The lowest BCUT2D eigenvalue weighted by atomic mass is 10.1. The maximum absolute atomic E-state index is 13.9. The molecule has 1 saturated heterocycles. The van der Waals surface area contributed by atoms with Gasteiger partial charge in [-0.15, -0.1) is 0 Å². The number of rotatable bonds is 3. The van der Waals surface area contributed by atoms with Crippen LogP contribution in [0.2, 0.25) is 0 Å². The summed E-state index contributed by atoms with van der Waals surface area (Å²) < 4.78 is 13.9. The minimum atomic E-state index is -0.270. The lowest BCUT2D eigenvalue weighted by Gasteiger charge is -2.33. The Morgan fingerprint density at radius 2 is 2.39 bits per heavy atom. The van der Waals surface area contributed by atoms with Gasteiger partial charge in [-0.05, 0) is 13.0 Å². The Morgan fingerprint density at radius 3 is 3.00 bits per heavy atom. The Balaban J connectivity index is 2.11. The highest BCUT2D eigenvalue weighted by Gasteiger charge is 2.19. The lowest BCUT2D eigenvalue weighted by Crippen LogP contribution is -2.39. The van der Waals surface area contributed by atoms with Gasteiger partial charge in [-0.1, -0.05) is 12.1 Å². The maximum Gasteiger partial charge on any atom is 0.128 e. The van der Waals surface area contributed by atoms with Crippen LogP contribution in [0.4, 0.5) is 4.39 Å². The SMILES string of the molecule is CC1CSCCN1Cc1ccc(C(=N)N)cc1F. The van der Waals surface area contributed by atoms with Crippen LogP contribution in [0.15, 0.2) is 18.2 Å². The highest BCUT2D eigenvalue weighted by Crippen LogP contribution is 2.20. The maximum atomic E-state index is 13.9. The quantitative estimate of drug-likeness (QED) is 0.651. The van der Waals surface area contributed by atoms with Gasteiger partial charge in [-0.3, -0.25) is 10.3 Å². The second-order valence-electron chi connectivity index (χ2n) is 4.61. The molecule has 2 rings (SSSR count). The molecule has 0 saturated carbocycles. The molecule has 0 spiro atoms. The highest BCUT2D eigenvalue weighted by atomic mass is 32.2. The third-order valence-electron chi connectivity index (χ3n) is 3.24. The van der Waals surface area contributed by atoms with Gasteiger partial charge in [-0.2, -0.15) is 11.8 Å². The fourth-order valence-electron chi connectivity index (χ4n) is 2.06. The van der Waals surface area contributed by atoms with E-state index < -0.39 is 0 Å². The van der Waals surface area contributed by atoms with Gasteiger partial charge in [0.15, 0.2) is 0 Å². The van der Waals surface area contributed by atoms with E-state index in [0.29, 0.717) is 23.7 Å². The molecule has 1 atom stereocenters. The first-order valence-electron chi connectivity index (χ1n) is 6.02. The van der Waals surface area contributed by atoms with Crippen LogP contribution in [-0.4, -0.2) is 34.8 Å². The van der Waals surface area contributed by atoms with Gasteiger partial charge in [0.25, 0.3) is 0 Å². The number of benzene rings is 1. The van der Waals surface area contributed by atoms with Gasteiger partial charge < -0.3 is 5.73 Å². The first-order chi connectivity index (χ1) is 8.58. The second kappa shape index (κ2) is 5.71. The van der Waals surface area contributed by atoms with Crippen molar-refractivity contribution in [1.82, 2.24) is 4.90 Å². The summed E-state index contributed by atoms with van der Waals surface area (Å²) in [5, 5.41) is 7.29. The number of halogens is 1. The fourth-order valence-corrected chi connectivity index (χ4v) is 3.14. The molecule has 1 unspecified atom stereocenters. The molecular formula is C13H18FN3S. The van der Waals surface area contributed by atoms with Gasteiger partial charge in [-0.25, -0.2) is 4.39 Å². The number of amidine groups is 1. The van der Waals surface area contributed by atoms with Crippen molar-refractivity contribution in [3.05, 3.63) is 35.1 Å². The van der Waals surface area contributed by atoms with E-state index in [2.05, 4.69) is 11.8 Å². The van der Waals surface area contributed by atoms with E-state index in [4.69, 9.17) is 11.1 Å². The van der Waals surface area contributed by atoms with Gasteiger partial charge in [0.2, 0.25) is 0 Å². The molecule has 1 aliphatic rings. The predicted molar refractivity (Wildman–Crippen MR) is 74.6 cm³/mol. The Labute approximate surface area is 111 Å². The highest BCUT2D eigenvalue weighted by molar-refractivity contribution is 7.99. The van der Waals surface area contributed by atoms with Crippen molar-refractivity contribution in [3.8, 4) is 0 Å². The summed E-state index contributed by atoms with van der Waals surface area (Å²) in [6, 6.07) is 5.28. The summed E-state index contributed by atoms with van der Waals surface area (Å²) in [6.45, 7) is 3.81. The average molecular weight is 267 g/mol. The Hall–Kier alpha value is -1.07. The monoisotopic (exact) mass is 267 g/mol. The summed E-state index contributed by atoms with van der Waals surface area (Å²) >= 11 is 1.95. The minimum absolute atomic E-state index is 0.0943. The summed E-state index contributed by atoms with van der Waals surface area (Å²) in [4.78, 5) is 2.29. The number of hydrogen-bond acceptors (Lipinski definition) is 3. The van der Waals surface area contributed by atoms with E-state index in [9.17, 15) is 4.39 Å². The van der Waals surface area contributed by atoms with Gasteiger partial charge >= 0.3 is 0 Å². The minimum Gasteiger partial charge on any atom is -0.384 e. The number of hydrogen-bond donors (Lipinski definition) is 2. The molecule has 0 radical (unpaired) electrons. The molecule has 0 bridgehead atoms. The average Bonchev–Trinajstić information content (AvgIpc) is 2.34. The summed E-state index contributed by atoms with van der Waals surface area (Å²) in [7, 11) is 0. The fraction of sp³-hybridized carbons (Fsp3) is 0.462. The van der Waals surface area contributed by atoms with Crippen molar-refractivity contribution < 1.29 is 4.39 Å². The molecule has 1 aromatic carbocycles. The van der Waals surface area contributed by atoms with Crippen molar-refractivity contribution in [1.29, 1.82) is 5.41 Å². The Kier molecular flexibility index (Phi) is 4.24. The molecule has 0 amide bonds. The van der Waals surface area contributed by atoms with Crippen molar-refractivity contribution >= 4 is 17.6 Å². The zero-order chi connectivity index (χ0) is 13.1. The van der Waals surface area contributed by atoms with Crippen molar-refractivity contribution in [2.24, 2.45) is 5.73 Å². The molecule has 1 fully saturated rings. The topological polar surface area (TPSA) is 53.1 Å². The first-order valence-corrected chi connectivity index (χ1v) is 7.18. The summed E-state index contributed by atoms with van der Waals surface area (Å²) in [6.07, 6.45) is 0. The number of thioether (sulfide) groups is 1. The number of nitrogen functional groups attached to an aromatic ring is 1. The Morgan fingerprint density at radius 1 is 1.61 bits per heavy atom. The predicted octanol–water partition coefficient (Wildman–Crippen LogP) is 2.05. The third-order valence-corrected chi connectivity index (χ3v) is 4.43. The van der Waals surface area contributed by atoms with Crippen LogP contribution in [0.1, 0.15) is 18.1 Å².